The lowest BCUT2D eigenvalue weighted by molar-refractivity contribution is 0.0788. The Kier molecular flexibility index (Phi) is 2.23. The highest BCUT2D eigenvalue weighted by atomic mass is 16.7. The van der Waals surface area contributed by atoms with E-state index < -0.39 is 0 Å². The highest BCUT2D eigenvalue weighted by Gasteiger charge is 2.25. The van der Waals surface area contributed by atoms with Crippen molar-refractivity contribution in [2.24, 2.45) is 5.41 Å². The van der Waals surface area contributed by atoms with Gasteiger partial charge in [-0.05, 0) is 12.5 Å². The van der Waals surface area contributed by atoms with E-state index in [2.05, 4.69) is 39.3 Å². The van der Waals surface area contributed by atoms with Crippen LogP contribution in [0.4, 0.5) is 0 Å². The molecule has 1 aliphatic heterocycles. The fraction of sp³-hybridized carbons (Fsp3) is 0.778. The molecule has 1 heterocycles. The normalized spacial score (nSPS) is 24.7. The molecule has 2 nitrogen and oxygen atoms in total. The molecule has 1 aliphatic rings. The van der Waals surface area contributed by atoms with Gasteiger partial charge in [0.1, 0.15) is 5.76 Å². The lowest BCUT2D eigenvalue weighted by Gasteiger charge is -2.17. The Labute approximate surface area is 68.6 Å². The van der Waals surface area contributed by atoms with Gasteiger partial charge in [0.05, 0.1) is 6.04 Å². The average Bonchev–Trinajstić information content (AvgIpc) is 2.32. The van der Waals surface area contributed by atoms with Gasteiger partial charge in [-0.15, -0.1) is 0 Å². The molecule has 0 aromatic rings. The van der Waals surface area contributed by atoms with Crippen molar-refractivity contribution in [3.05, 3.63) is 11.8 Å². The van der Waals surface area contributed by atoms with Crippen LogP contribution in [-0.4, -0.2) is 6.04 Å². The van der Waals surface area contributed by atoms with Gasteiger partial charge < -0.3 is 4.84 Å². The summed E-state index contributed by atoms with van der Waals surface area (Å²) in [6.07, 6.45) is 3.25. The zero-order valence-electron chi connectivity index (χ0n) is 7.77. The fourth-order valence-corrected chi connectivity index (χ4v) is 0.994. The SMILES string of the molecule is CCC1C=C(C(C)(C)C)ON1. The highest BCUT2D eigenvalue weighted by molar-refractivity contribution is 5.10. The Morgan fingerprint density at radius 1 is 1.55 bits per heavy atom. The van der Waals surface area contributed by atoms with E-state index in [-0.39, 0.29) is 5.41 Å². The van der Waals surface area contributed by atoms with E-state index in [4.69, 9.17) is 4.84 Å². The molecule has 0 aromatic heterocycles. The molecular formula is C9H17NO. The third-order valence-electron chi connectivity index (χ3n) is 1.85. The van der Waals surface area contributed by atoms with Crippen LogP contribution in [0.25, 0.3) is 0 Å². The van der Waals surface area contributed by atoms with Crippen LogP contribution < -0.4 is 5.48 Å². The minimum Gasteiger partial charge on any atom is -0.412 e. The molecule has 0 saturated carbocycles. The van der Waals surface area contributed by atoms with Gasteiger partial charge in [0.25, 0.3) is 0 Å². The molecule has 1 unspecified atom stereocenters. The van der Waals surface area contributed by atoms with Crippen molar-refractivity contribution in [1.29, 1.82) is 0 Å². The first-order valence-electron chi connectivity index (χ1n) is 4.18. The smallest absolute Gasteiger partial charge is 0.127 e. The molecule has 1 atom stereocenters. The Morgan fingerprint density at radius 3 is 2.45 bits per heavy atom. The predicted octanol–water partition coefficient (Wildman–Crippen LogP) is 2.23. The van der Waals surface area contributed by atoms with Gasteiger partial charge in [0.15, 0.2) is 0 Å². The molecule has 1 N–H and O–H groups in total. The number of rotatable bonds is 1. The van der Waals surface area contributed by atoms with Crippen LogP contribution in [0.2, 0.25) is 0 Å². The summed E-state index contributed by atoms with van der Waals surface area (Å²) in [6.45, 7) is 8.60. The lowest BCUT2D eigenvalue weighted by atomic mass is 9.93. The fourth-order valence-electron chi connectivity index (χ4n) is 0.994. The van der Waals surface area contributed by atoms with E-state index >= 15 is 0 Å². The standard InChI is InChI=1S/C9H17NO/c1-5-7-6-8(11-10-7)9(2,3)4/h6-7,10H,5H2,1-4H3. The van der Waals surface area contributed by atoms with Gasteiger partial charge in [0, 0.05) is 5.41 Å². The van der Waals surface area contributed by atoms with Crippen molar-refractivity contribution in [3.8, 4) is 0 Å². The van der Waals surface area contributed by atoms with Crippen LogP contribution in [0.3, 0.4) is 0 Å². The molecule has 0 radical (unpaired) electrons. The van der Waals surface area contributed by atoms with Gasteiger partial charge in [-0.3, -0.25) is 0 Å². The molecule has 1 rings (SSSR count). The number of nitrogens with one attached hydrogen (secondary N) is 1. The van der Waals surface area contributed by atoms with Crippen molar-refractivity contribution >= 4 is 0 Å². The number of hydrogen-bond donors (Lipinski definition) is 1. The van der Waals surface area contributed by atoms with E-state index in [1.165, 1.54) is 0 Å². The van der Waals surface area contributed by atoms with Crippen LogP contribution >= 0.6 is 0 Å². The van der Waals surface area contributed by atoms with Crippen molar-refractivity contribution < 1.29 is 4.84 Å². The van der Waals surface area contributed by atoms with Gasteiger partial charge in [-0.2, -0.15) is 5.48 Å². The maximum atomic E-state index is 5.33. The molecule has 64 valence electrons. The van der Waals surface area contributed by atoms with Gasteiger partial charge >= 0.3 is 0 Å². The van der Waals surface area contributed by atoms with Crippen molar-refractivity contribution in [2.75, 3.05) is 0 Å². The Hall–Kier alpha value is -0.500. The van der Waals surface area contributed by atoms with Crippen LogP contribution in [-0.2, 0) is 4.84 Å². The first-order chi connectivity index (χ1) is 5.04. The topological polar surface area (TPSA) is 21.3 Å². The number of hydrogen-bond acceptors (Lipinski definition) is 2. The number of hydroxylamine groups is 1. The Morgan fingerprint density at radius 2 is 2.18 bits per heavy atom. The average molecular weight is 155 g/mol. The van der Waals surface area contributed by atoms with Crippen molar-refractivity contribution in [1.82, 2.24) is 5.48 Å². The van der Waals surface area contributed by atoms with E-state index in [1.807, 2.05) is 0 Å². The first-order valence-corrected chi connectivity index (χ1v) is 4.18. The van der Waals surface area contributed by atoms with Gasteiger partial charge in [-0.25, -0.2) is 0 Å². The quantitative estimate of drug-likeness (QED) is 0.627. The monoisotopic (exact) mass is 155 g/mol. The Balaban J connectivity index is 2.62. The Bertz CT molecular complexity index is 167. The second kappa shape index (κ2) is 2.86. The van der Waals surface area contributed by atoms with Crippen molar-refractivity contribution in [2.45, 2.75) is 40.2 Å². The summed E-state index contributed by atoms with van der Waals surface area (Å²) in [5, 5.41) is 0. The van der Waals surface area contributed by atoms with Gasteiger partial charge in [-0.1, -0.05) is 27.7 Å². The maximum Gasteiger partial charge on any atom is 0.127 e. The molecule has 11 heavy (non-hydrogen) atoms. The third-order valence-corrected chi connectivity index (χ3v) is 1.85. The minimum absolute atomic E-state index is 0.136. The molecule has 0 saturated heterocycles. The summed E-state index contributed by atoms with van der Waals surface area (Å²) in [5.41, 5.74) is 3.11. The molecule has 0 bridgehead atoms. The number of allylic oxidation sites excluding steroid dienone is 1. The summed E-state index contributed by atoms with van der Waals surface area (Å²) in [6, 6.07) is 0.407. The highest BCUT2D eigenvalue weighted by Crippen LogP contribution is 2.28. The van der Waals surface area contributed by atoms with E-state index in [0.29, 0.717) is 6.04 Å². The molecular weight excluding hydrogens is 138 g/mol. The zero-order chi connectivity index (χ0) is 8.48. The zero-order valence-corrected chi connectivity index (χ0v) is 7.77. The molecule has 0 spiro atoms. The predicted molar refractivity (Wildman–Crippen MR) is 45.8 cm³/mol. The molecule has 2 heteroatoms. The van der Waals surface area contributed by atoms with E-state index in [9.17, 15) is 0 Å². The summed E-state index contributed by atoms with van der Waals surface area (Å²) in [5.74, 6) is 1.06. The van der Waals surface area contributed by atoms with Crippen molar-refractivity contribution in [3.63, 3.8) is 0 Å². The first kappa shape index (κ1) is 8.60. The van der Waals surface area contributed by atoms with Crippen LogP contribution in [0.1, 0.15) is 34.1 Å². The summed E-state index contributed by atoms with van der Waals surface area (Å²) in [4.78, 5) is 5.33. The third kappa shape index (κ3) is 1.96. The molecule has 0 fully saturated rings. The minimum atomic E-state index is 0.136. The van der Waals surface area contributed by atoms with E-state index in [1.54, 1.807) is 0 Å². The second-order valence-electron chi connectivity index (χ2n) is 4.02. The molecule has 0 amide bonds. The summed E-state index contributed by atoms with van der Waals surface area (Å²) in [7, 11) is 0. The van der Waals surface area contributed by atoms with Crippen LogP contribution in [0.15, 0.2) is 11.8 Å². The van der Waals surface area contributed by atoms with Crippen LogP contribution in [0.5, 0.6) is 0 Å². The van der Waals surface area contributed by atoms with Gasteiger partial charge in [0.2, 0.25) is 0 Å². The summed E-state index contributed by atoms with van der Waals surface area (Å²) < 4.78 is 0. The summed E-state index contributed by atoms with van der Waals surface area (Å²) >= 11 is 0. The maximum absolute atomic E-state index is 5.33. The van der Waals surface area contributed by atoms with E-state index in [0.717, 1.165) is 12.2 Å². The largest absolute Gasteiger partial charge is 0.412 e. The van der Waals surface area contributed by atoms with Crippen LogP contribution in [0, 0.1) is 5.41 Å². The lowest BCUT2D eigenvalue weighted by Crippen LogP contribution is -2.20. The molecule has 0 aliphatic carbocycles. The molecule has 0 aromatic carbocycles. The second-order valence-corrected chi connectivity index (χ2v) is 4.02.